The molecule has 0 aliphatic carbocycles. The van der Waals surface area contributed by atoms with Crippen LogP contribution in [0.3, 0.4) is 0 Å². The van der Waals surface area contributed by atoms with Gasteiger partial charge in [-0.25, -0.2) is 14.9 Å². The number of ether oxygens (including phenoxy) is 1. The van der Waals surface area contributed by atoms with Crippen molar-refractivity contribution in [1.82, 2.24) is 15.8 Å². The van der Waals surface area contributed by atoms with Crippen LogP contribution in [-0.4, -0.2) is 59.0 Å². The number of aromatic nitrogens is 1. The normalized spacial score (nSPS) is 12.7. The second-order valence-electron chi connectivity index (χ2n) is 11.2. The molecule has 2 heterocycles. The van der Waals surface area contributed by atoms with Crippen molar-refractivity contribution in [2.24, 2.45) is 0 Å². The van der Waals surface area contributed by atoms with Gasteiger partial charge in [0.1, 0.15) is 17.7 Å². The first-order valence-electron chi connectivity index (χ1n) is 15.5. The number of carbonyl (C=O) groups excluding carboxylic acids is 1. The predicted molar refractivity (Wildman–Crippen MR) is 183 cm³/mol. The standard InChI is InChI=1S/C36H33FN6O4.CH2O2/c1-47-33-10-9-25(19-32(33)44)30-22-41-36(29(12-15-38)35(30)26-7-8-27(20-39)31(37)18-26)43-16-13-28(14-17-43)40-21-24-4-2-23(3-5-24)6-11-34(45)42-46;2-1-3/h2-11,18-19,22,28,40,44,46H,12-14,16-17,21H2,1H3,(H,42,45);1H,(H,2,3)/b11-6+;. The number of nitrogens with zero attached hydrogens (tertiary/aromatic N) is 4. The zero-order valence-corrected chi connectivity index (χ0v) is 27.1. The lowest BCUT2D eigenvalue weighted by Crippen LogP contribution is -2.43. The highest BCUT2D eigenvalue weighted by molar-refractivity contribution is 5.91. The van der Waals surface area contributed by atoms with Gasteiger partial charge in [0.15, 0.2) is 11.5 Å². The monoisotopic (exact) mass is 678 g/mol. The molecule has 256 valence electrons. The minimum Gasteiger partial charge on any atom is -0.504 e. The molecular formula is C37H35FN6O6. The molecule has 5 rings (SSSR count). The Morgan fingerprint density at radius 1 is 1.10 bits per heavy atom. The molecule has 0 unspecified atom stereocenters. The zero-order chi connectivity index (χ0) is 36.0. The van der Waals surface area contributed by atoms with E-state index in [-0.39, 0.29) is 30.2 Å². The Bertz CT molecular complexity index is 1930. The molecule has 50 heavy (non-hydrogen) atoms. The van der Waals surface area contributed by atoms with E-state index in [1.165, 1.54) is 25.3 Å². The fraction of sp³-hybridized carbons (Fsp3) is 0.216. The SMILES string of the molecule is COc1ccc(-c2cnc(N3CCC(NCc4ccc(/C=C/C(=O)NO)cc4)CC3)c(CC#N)c2-c2ccc(C#N)c(F)c2)cc1O.O=CO. The fourth-order valence-electron chi connectivity index (χ4n) is 5.74. The minimum absolute atomic E-state index is 0.0172. The van der Waals surface area contributed by atoms with Crippen LogP contribution in [-0.2, 0) is 22.6 Å². The van der Waals surface area contributed by atoms with E-state index in [9.17, 15) is 24.8 Å². The molecule has 3 aromatic carbocycles. The van der Waals surface area contributed by atoms with Crippen molar-refractivity contribution in [2.75, 3.05) is 25.1 Å². The number of piperidine rings is 1. The molecule has 4 aromatic rings. The molecule has 1 aromatic heterocycles. The van der Waals surface area contributed by atoms with Crippen molar-refractivity contribution in [3.8, 4) is 45.9 Å². The third-order valence-electron chi connectivity index (χ3n) is 8.19. The Kier molecular flexibility index (Phi) is 13.0. The van der Waals surface area contributed by atoms with Gasteiger partial charge in [0.2, 0.25) is 0 Å². The van der Waals surface area contributed by atoms with Crippen LogP contribution in [0.5, 0.6) is 11.5 Å². The lowest BCUT2D eigenvalue weighted by molar-refractivity contribution is -0.124. The smallest absolute Gasteiger partial charge is 0.290 e. The van der Waals surface area contributed by atoms with Crippen molar-refractivity contribution in [2.45, 2.75) is 31.8 Å². The summed E-state index contributed by atoms with van der Waals surface area (Å²) >= 11 is 0. The maximum absolute atomic E-state index is 14.9. The molecular weight excluding hydrogens is 643 g/mol. The van der Waals surface area contributed by atoms with Crippen LogP contribution in [0, 0.1) is 28.5 Å². The number of hydrogen-bond acceptors (Lipinski definition) is 10. The fourth-order valence-corrected chi connectivity index (χ4v) is 5.74. The first-order valence-corrected chi connectivity index (χ1v) is 15.5. The molecule has 1 fully saturated rings. The number of carbonyl (C=O) groups is 2. The molecule has 5 N–H and O–H groups in total. The quantitative estimate of drug-likeness (QED) is 0.0642. The van der Waals surface area contributed by atoms with Crippen LogP contribution in [0.15, 0.2) is 72.9 Å². The van der Waals surface area contributed by atoms with E-state index in [0.29, 0.717) is 59.0 Å². The molecule has 1 aliphatic heterocycles. The van der Waals surface area contributed by atoms with Crippen molar-refractivity contribution >= 4 is 24.3 Å². The Balaban J connectivity index is 0.00000181. The number of anilines is 1. The number of nitrogens with one attached hydrogen (secondary N) is 2. The van der Waals surface area contributed by atoms with Gasteiger partial charge in [0.05, 0.1) is 25.2 Å². The Morgan fingerprint density at radius 3 is 2.40 bits per heavy atom. The highest BCUT2D eigenvalue weighted by Crippen LogP contribution is 2.42. The molecule has 1 saturated heterocycles. The largest absolute Gasteiger partial charge is 0.504 e. The number of halogens is 1. The van der Waals surface area contributed by atoms with Gasteiger partial charge in [-0.2, -0.15) is 10.5 Å². The van der Waals surface area contributed by atoms with E-state index >= 15 is 0 Å². The van der Waals surface area contributed by atoms with Gasteiger partial charge in [0, 0.05) is 49.1 Å². The highest BCUT2D eigenvalue weighted by Gasteiger charge is 2.26. The summed E-state index contributed by atoms with van der Waals surface area (Å²) in [6.07, 6.45) is 6.23. The van der Waals surface area contributed by atoms with Crippen LogP contribution in [0.4, 0.5) is 10.2 Å². The molecule has 12 nitrogen and oxygen atoms in total. The maximum atomic E-state index is 14.9. The summed E-state index contributed by atoms with van der Waals surface area (Å²) in [5.41, 5.74) is 6.38. The third kappa shape index (κ3) is 8.99. The van der Waals surface area contributed by atoms with Gasteiger partial charge in [-0.1, -0.05) is 36.4 Å². The second kappa shape index (κ2) is 17.8. The molecule has 0 bridgehead atoms. The van der Waals surface area contributed by atoms with E-state index in [4.69, 9.17) is 24.8 Å². The van der Waals surface area contributed by atoms with Gasteiger partial charge in [-0.15, -0.1) is 0 Å². The van der Waals surface area contributed by atoms with Gasteiger partial charge >= 0.3 is 0 Å². The molecule has 13 heteroatoms. The summed E-state index contributed by atoms with van der Waals surface area (Å²) in [5, 5.41) is 48.9. The number of phenols is 1. The van der Waals surface area contributed by atoms with E-state index in [1.54, 1.807) is 42.0 Å². The van der Waals surface area contributed by atoms with E-state index in [2.05, 4.69) is 16.3 Å². The number of amides is 1. The van der Waals surface area contributed by atoms with Crippen molar-refractivity contribution in [3.63, 3.8) is 0 Å². The van der Waals surface area contributed by atoms with Gasteiger partial charge in [-0.05, 0) is 71.0 Å². The molecule has 0 radical (unpaired) electrons. The maximum Gasteiger partial charge on any atom is 0.290 e. The lowest BCUT2D eigenvalue weighted by Gasteiger charge is -2.35. The Hall–Kier alpha value is -6.28. The zero-order valence-electron chi connectivity index (χ0n) is 27.1. The van der Waals surface area contributed by atoms with Crippen molar-refractivity contribution in [1.29, 1.82) is 10.5 Å². The van der Waals surface area contributed by atoms with Gasteiger partial charge < -0.3 is 25.2 Å². The number of aromatic hydroxyl groups is 1. The van der Waals surface area contributed by atoms with E-state index < -0.39 is 11.7 Å². The first-order chi connectivity index (χ1) is 24.3. The van der Waals surface area contributed by atoms with E-state index in [0.717, 1.165) is 24.0 Å². The lowest BCUT2D eigenvalue weighted by atomic mass is 9.89. The summed E-state index contributed by atoms with van der Waals surface area (Å²) in [6.45, 7) is 1.79. The molecule has 0 spiro atoms. The predicted octanol–water partition coefficient (Wildman–Crippen LogP) is 5.18. The Morgan fingerprint density at radius 2 is 1.80 bits per heavy atom. The summed E-state index contributed by atoms with van der Waals surface area (Å²) in [6, 6.07) is 21.5. The average Bonchev–Trinajstić information content (AvgIpc) is 3.14. The Labute approximate surface area is 288 Å². The summed E-state index contributed by atoms with van der Waals surface area (Å²) in [7, 11) is 1.46. The third-order valence-corrected chi connectivity index (χ3v) is 8.19. The number of carboxylic acid groups (broad SMARTS) is 1. The number of hydrogen-bond donors (Lipinski definition) is 5. The van der Waals surface area contributed by atoms with Gasteiger partial charge in [0.25, 0.3) is 12.4 Å². The number of phenolic OH excluding ortho intramolecular Hbond substituents is 1. The summed E-state index contributed by atoms with van der Waals surface area (Å²) in [5.74, 6) is -0.379. The van der Waals surface area contributed by atoms with Crippen LogP contribution < -0.4 is 20.4 Å². The van der Waals surface area contributed by atoms with Crippen LogP contribution in [0.25, 0.3) is 28.3 Å². The average molecular weight is 679 g/mol. The molecule has 1 aliphatic rings. The number of methoxy groups -OCH3 is 1. The number of nitriles is 2. The van der Waals surface area contributed by atoms with Crippen LogP contribution in [0.1, 0.15) is 35.1 Å². The van der Waals surface area contributed by atoms with Crippen LogP contribution in [0.2, 0.25) is 0 Å². The minimum atomic E-state index is -0.665. The summed E-state index contributed by atoms with van der Waals surface area (Å²) in [4.78, 5) is 26.5. The topological polar surface area (TPSA) is 192 Å². The molecule has 0 saturated carbocycles. The van der Waals surface area contributed by atoms with Crippen LogP contribution >= 0.6 is 0 Å². The molecule has 1 amide bonds. The molecule has 0 atom stereocenters. The number of pyridine rings is 1. The first kappa shape index (κ1) is 36.6. The number of benzene rings is 3. The number of hydroxylamine groups is 1. The second-order valence-corrected chi connectivity index (χ2v) is 11.2. The summed E-state index contributed by atoms with van der Waals surface area (Å²) < 4.78 is 20.1. The van der Waals surface area contributed by atoms with E-state index in [1.807, 2.05) is 30.3 Å². The number of rotatable bonds is 10. The highest BCUT2D eigenvalue weighted by atomic mass is 19.1. The van der Waals surface area contributed by atoms with Crippen molar-refractivity contribution in [3.05, 3.63) is 101 Å². The van der Waals surface area contributed by atoms with Crippen molar-refractivity contribution < 1.29 is 34.1 Å². The van der Waals surface area contributed by atoms with Gasteiger partial charge in [-0.3, -0.25) is 14.8 Å².